The Morgan fingerprint density at radius 1 is 0.938 bits per heavy atom. The number of nitrogens with one attached hydrogen (secondary N) is 2. The molecule has 6 heteroatoms. The van der Waals surface area contributed by atoms with Crippen LogP contribution in [0.5, 0.6) is 0 Å². The monoisotopic (exact) mass is 426 g/mol. The van der Waals surface area contributed by atoms with E-state index in [1.54, 1.807) is 0 Å². The second-order valence-electron chi connectivity index (χ2n) is 7.84. The molecule has 4 rings (SSSR count). The summed E-state index contributed by atoms with van der Waals surface area (Å²) in [7, 11) is 0. The zero-order valence-electron chi connectivity index (χ0n) is 18.3. The van der Waals surface area contributed by atoms with Gasteiger partial charge in [-0.2, -0.15) is 0 Å². The average molecular weight is 427 g/mol. The lowest BCUT2D eigenvalue weighted by Crippen LogP contribution is -2.27. The number of hydrogen-bond donors (Lipinski definition) is 2. The number of nitrogens with zero attached hydrogens (tertiary/aromatic N) is 2. The van der Waals surface area contributed by atoms with E-state index in [1.165, 1.54) is 0 Å². The van der Waals surface area contributed by atoms with Crippen LogP contribution in [0.2, 0.25) is 0 Å². The maximum atomic E-state index is 12.8. The van der Waals surface area contributed by atoms with Crippen molar-refractivity contribution in [3.8, 4) is 0 Å². The first-order valence-corrected chi connectivity index (χ1v) is 10.7. The average Bonchev–Trinajstić information content (AvgIpc) is 3.11. The molecule has 32 heavy (non-hydrogen) atoms. The number of aryl methyl sites for hydroxylation is 2. The maximum Gasteiger partial charge on any atom is 0.251 e. The second-order valence-corrected chi connectivity index (χ2v) is 7.84. The zero-order valence-corrected chi connectivity index (χ0v) is 18.3. The first-order chi connectivity index (χ1) is 15.5. The molecule has 0 saturated carbocycles. The van der Waals surface area contributed by atoms with Crippen LogP contribution in [0, 0.1) is 13.8 Å². The number of anilines is 1. The minimum absolute atomic E-state index is 0.108. The number of carbonyl (C=O) groups excluding carboxylic acids is 2. The van der Waals surface area contributed by atoms with Gasteiger partial charge >= 0.3 is 0 Å². The van der Waals surface area contributed by atoms with Gasteiger partial charge in [0, 0.05) is 24.2 Å². The molecule has 0 unspecified atom stereocenters. The highest BCUT2D eigenvalue weighted by atomic mass is 16.2. The molecular weight excluding hydrogens is 400 g/mol. The van der Waals surface area contributed by atoms with E-state index in [2.05, 4.69) is 10.6 Å². The van der Waals surface area contributed by atoms with Gasteiger partial charge in [0.15, 0.2) is 0 Å². The van der Waals surface area contributed by atoms with E-state index in [0.29, 0.717) is 18.5 Å². The first-order valence-electron chi connectivity index (χ1n) is 10.7. The predicted octanol–water partition coefficient (Wildman–Crippen LogP) is 4.26. The van der Waals surface area contributed by atoms with E-state index in [4.69, 9.17) is 4.98 Å². The molecule has 0 aliphatic rings. The topological polar surface area (TPSA) is 76.0 Å². The summed E-state index contributed by atoms with van der Waals surface area (Å²) < 4.78 is 1.92. The number of para-hydroxylation sites is 2. The summed E-state index contributed by atoms with van der Waals surface area (Å²) in [6, 6.07) is 23.0. The highest BCUT2D eigenvalue weighted by Crippen LogP contribution is 2.17. The van der Waals surface area contributed by atoms with Gasteiger partial charge in [-0.1, -0.05) is 42.5 Å². The van der Waals surface area contributed by atoms with Crippen molar-refractivity contribution in [3.05, 3.63) is 95.3 Å². The highest BCUT2D eigenvalue weighted by molar-refractivity contribution is 5.95. The fourth-order valence-electron chi connectivity index (χ4n) is 3.77. The second kappa shape index (κ2) is 9.47. The third-order valence-electron chi connectivity index (χ3n) is 5.36. The van der Waals surface area contributed by atoms with Crippen LogP contribution in [0.1, 0.15) is 27.3 Å². The normalized spacial score (nSPS) is 10.8. The van der Waals surface area contributed by atoms with Crippen molar-refractivity contribution in [2.45, 2.75) is 26.8 Å². The molecule has 0 aliphatic heterocycles. The quantitative estimate of drug-likeness (QED) is 0.464. The number of hydrogen-bond acceptors (Lipinski definition) is 3. The molecule has 162 valence electrons. The van der Waals surface area contributed by atoms with Crippen molar-refractivity contribution in [1.82, 2.24) is 14.9 Å². The number of fused-ring (bicyclic) bond motifs is 1. The molecule has 4 aromatic rings. The Hall–Kier alpha value is -3.93. The van der Waals surface area contributed by atoms with Gasteiger partial charge in [0.2, 0.25) is 5.91 Å². The molecule has 0 bridgehead atoms. The van der Waals surface area contributed by atoms with Gasteiger partial charge in [-0.15, -0.1) is 0 Å². The molecule has 0 aliphatic carbocycles. The van der Waals surface area contributed by atoms with Crippen molar-refractivity contribution >= 4 is 28.5 Å². The van der Waals surface area contributed by atoms with Crippen molar-refractivity contribution in [1.29, 1.82) is 0 Å². The van der Waals surface area contributed by atoms with Crippen molar-refractivity contribution in [3.63, 3.8) is 0 Å². The number of rotatable bonds is 7. The Morgan fingerprint density at radius 2 is 1.72 bits per heavy atom. The van der Waals surface area contributed by atoms with Crippen molar-refractivity contribution in [2.24, 2.45) is 0 Å². The zero-order chi connectivity index (χ0) is 22.5. The lowest BCUT2D eigenvalue weighted by molar-refractivity contribution is -0.116. The molecule has 2 N–H and O–H groups in total. The smallest absolute Gasteiger partial charge is 0.251 e. The van der Waals surface area contributed by atoms with Crippen LogP contribution in [0.4, 0.5) is 5.69 Å². The number of aromatic nitrogens is 2. The Labute approximate surface area is 187 Å². The largest absolute Gasteiger partial charge is 0.352 e. The number of carbonyl (C=O) groups is 2. The van der Waals surface area contributed by atoms with Gasteiger partial charge in [0.05, 0.1) is 11.0 Å². The predicted molar refractivity (Wildman–Crippen MR) is 127 cm³/mol. The third-order valence-corrected chi connectivity index (χ3v) is 5.36. The fourth-order valence-corrected chi connectivity index (χ4v) is 3.77. The van der Waals surface area contributed by atoms with Gasteiger partial charge < -0.3 is 15.2 Å². The molecule has 1 aromatic heterocycles. The van der Waals surface area contributed by atoms with E-state index < -0.39 is 0 Å². The SMILES string of the molecule is Cc1cccc(NC(=O)Cn2c(CCNC(=O)c3ccccc3C)nc3ccccc32)c1. The van der Waals surface area contributed by atoms with Crippen LogP contribution in [-0.4, -0.2) is 27.9 Å². The Bertz CT molecular complexity index is 1280. The number of benzene rings is 3. The van der Waals surface area contributed by atoms with Crippen LogP contribution in [0.25, 0.3) is 11.0 Å². The van der Waals surface area contributed by atoms with Crippen molar-refractivity contribution in [2.75, 3.05) is 11.9 Å². The standard InChI is InChI=1S/C26H26N4O2/c1-18-8-7-10-20(16-18)28-25(31)17-30-23-13-6-5-12-22(23)29-24(30)14-15-27-26(32)21-11-4-3-9-19(21)2/h3-13,16H,14-15,17H2,1-2H3,(H,27,32)(H,28,31). The Kier molecular flexibility index (Phi) is 6.31. The molecule has 3 aromatic carbocycles. The van der Waals surface area contributed by atoms with E-state index >= 15 is 0 Å². The van der Waals surface area contributed by atoms with Gasteiger partial charge in [-0.05, 0) is 55.3 Å². The molecular formula is C26H26N4O2. The summed E-state index contributed by atoms with van der Waals surface area (Å²) in [6.07, 6.45) is 0.518. The molecule has 2 amide bonds. The molecule has 0 atom stereocenters. The summed E-state index contributed by atoms with van der Waals surface area (Å²) in [5.74, 6) is 0.530. The molecule has 6 nitrogen and oxygen atoms in total. The summed E-state index contributed by atoms with van der Waals surface area (Å²) in [4.78, 5) is 30.0. The Balaban J connectivity index is 1.48. The maximum absolute atomic E-state index is 12.8. The minimum atomic E-state index is -0.121. The first kappa shape index (κ1) is 21.3. The highest BCUT2D eigenvalue weighted by Gasteiger charge is 2.15. The van der Waals surface area contributed by atoms with E-state index in [1.807, 2.05) is 91.2 Å². The lowest BCUT2D eigenvalue weighted by atomic mass is 10.1. The molecule has 1 heterocycles. The van der Waals surface area contributed by atoms with Crippen LogP contribution in [0.3, 0.4) is 0 Å². The number of amides is 2. The summed E-state index contributed by atoms with van der Waals surface area (Å²) in [5.41, 5.74) is 5.18. The van der Waals surface area contributed by atoms with Gasteiger partial charge in [-0.3, -0.25) is 9.59 Å². The minimum Gasteiger partial charge on any atom is -0.352 e. The molecule has 0 saturated heterocycles. The molecule has 0 radical (unpaired) electrons. The van der Waals surface area contributed by atoms with Crippen LogP contribution in [-0.2, 0) is 17.8 Å². The summed E-state index contributed by atoms with van der Waals surface area (Å²) in [6.45, 7) is 4.48. The Morgan fingerprint density at radius 3 is 2.53 bits per heavy atom. The summed E-state index contributed by atoms with van der Waals surface area (Å²) >= 11 is 0. The van der Waals surface area contributed by atoms with Crippen molar-refractivity contribution < 1.29 is 9.59 Å². The van der Waals surface area contributed by atoms with Crippen LogP contribution >= 0.6 is 0 Å². The third kappa shape index (κ3) is 4.86. The van der Waals surface area contributed by atoms with E-state index in [9.17, 15) is 9.59 Å². The number of imidazole rings is 1. The van der Waals surface area contributed by atoms with Crippen LogP contribution < -0.4 is 10.6 Å². The summed E-state index contributed by atoms with van der Waals surface area (Å²) in [5, 5.41) is 5.92. The lowest BCUT2D eigenvalue weighted by Gasteiger charge is -2.11. The van der Waals surface area contributed by atoms with E-state index in [-0.39, 0.29) is 18.4 Å². The fraction of sp³-hybridized carbons (Fsp3) is 0.192. The molecule has 0 spiro atoms. The van der Waals surface area contributed by atoms with Gasteiger partial charge in [-0.25, -0.2) is 4.98 Å². The van der Waals surface area contributed by atoms with Crippen LogP contribution in [0.15, 0.2) is 72.8 Å². The van der Waals surface area contributed by atoms with Gasteiger partial charge in [0.1, 0.15) is 12.4 Å². The van der Waals surface area contributed by atoms with E-state index in [0.717, 1.165) is 33.7 Å². The van der Waals surface area contributed by atoms with Gasteiger partial charge in [0.25, 0.3) is 5.91 Å². The molecule has 0 fully saturated rings.